The molecule has 1 aliphatic heterocycles. The van der Waals surface area contributed by atoms with Crippen molar-refractivity contribution in [1.29, 1.82) is 0 Å². The normalized spacial score (nSPS) is 18.6. The van der Waals surface area contributed by atoms with Gasteiger partial charge in [-0.25, -0.2) is 9.78 Å². The fourth-order valence-corrected chi connectivity index (χ4v) is 4.42. The van der Waals surface area contributed by atoms with Crippen molar-refractivity contribution in [2.24, 2.45) is 5.41 Å². The molecular weight excluding hydrogens is 444 g/mol. The minimum Gasteiger partial charge on any atom is -0.488 e. The summed E-state index contributed by atoms with van der Waals surface area (Å²) < 4.78 is 18.5. The van der Waals surface area contributed by atoms with Crippen LogP contribution in [0.5, 0.6) is 5.75 Å². The summed E-state index contributed by atoms with van der Waals surface area (Å²) in [6, 6.07) is 17.9. The SMILES string of the molecule is Cc1c(COC2C(CC(C)(C)C)OCCN2C(=O)O)nc2ccccc2c1OCc1ccccc1. The third-order valence-electron chi connectivity index (χ3n) is 6.14. The molecule has 35 heavy (non-hydrogen) atoms. The molecule has 186 valence electrons. The Balaban J connectivity index is 1.61. The van der Waals surface area contributed by atoms with E-state index in [1.165, 1.54) is 4.90 Å². The first-order valence-electron chi connectivity index (χ1n) is 12.0. The molecule has 0 bridgehead atoms. The van der Waals surface area contributed by atoms with Gasteiger partial charge in [-0.3, -0.25) is 4.90 Å². The fraction of sp³-hybridized carbons (Fsp3) is 0.429. The van der Waals surface area contributed by atoms with Crippen LogP contribution in [-0.4, -0.2) is 46.6 Å². The highest BCUT2D eigenvalue weighted by molar-refractivity contribution is 5.86. The zero-order chi connectivity index (χ0) is 25.0. The molecule has 1 amide bonds. The number of ether oxygens (including phenoxy) is 3. The molecule has 7 nitrogen and oxygen atoms in total. The van der Waals surface area contributed by atoms with Crippen molar-refractivity contribution < 1.29 is 24.1 Å². The number of rotatable bonds is 7. The van der Waals surface area contributed by atoms with Gasteiger partial charge < -0.3 is 19.3 Å². The van der Waals surface area contributed by atoms with Crippen LogP contribution in [-0.2, 0) is 22.7 Å². The van der Waals surface area contributed by atoms with Crippen LogP contribution in [0.1, 0.15) is 44.0 Å². The van der Waals surface area contributed by atoms with Gasteiger partial charge >= 0.3 is 6.09 Å². The van der Waals surface area contributed by atoms with Crippen LogP contribution in [0.3, 0.4) is 0 Å². The minimum atomic E-state index is -1.01. The average molecular weight is 479 g/mol. The number of carbonyl (C=O) groups is 1. The van der Waals surface area contributed by atoms with Crippen LogP contribution in [0.25, 0.3) is 10.9 Å². The third-order valence-corrected chi connectivity index (χ3v) is 6.14. The topological polar surface area (TPSA) is 81.1 Å². The van der Waals surface area contributed by atoms with E-state index in [0.717, 1.165) is 33.5 Å². The van der Waals surface area contributed by atoms with Crippen molar-refractivity contribution in [2.75, 3.05) is 13.2 Å². The lowest BCUT2D eigenvalue weighted by molar-refractivity contribution is -0.183. The van der Waals surface area contributed by atoms with Crippen LogP contribution < -0.4 is 4.74 Å². The quantitative estimate of drug-likeness (QED) is 0.464. The van der Waals surface area contributed by atoms with Gasteiger partial charge in [-0.2, -0.15) is 0 Å². The number of hydrogen-bond acceptors (Lipinski definition) is 5. The van der Waals surface area contributed by atoms with E-state index in [1.54, 1.807) is 0 Å². The molecule has 1 fully saturated rings. The summed E-state index contributed by atoms with van der Waals surface area (Å²) in [7, 11) is 0. The van der Waals surface area contributed by atoms with Crippen LogP contribution in [0.2, 0.25) is 0 Å². The summed E-state index contributed by atoms with van der Waals surface area (Å²) in [5, 5.41) is 10.7. The summed E-state index contributed by atoms with van der Waals surface area (Å²) in [4.78, 5) is 18.1. The average Bonchev–Trinajstić information content (AvgIpc) is 2.82. The molecule has 1 N–H and O–H groups in total. The van der Waals surface area contributed by atoms with Crippen molar-refractivity contribution in [3.8, 4) is 5.75 Å². The number of hydrogen-bond donors (Lipinski definition) is 1. The van der Waals surface area contributed by atoms with E-state index in [9.17, 15) is 9.90 Å². The molecule has 0 aliphatic carbocycles. The Kier molecular flexibility index (Phi) is 7.57. The predicted molar refractivity (Wildman–Crippen MR) is 134 cm³/mol. The Morgan fingerprint density at radius 1 is 1.11 bits per heavy atom. The lowest BCUT2D eigenvalue weighted by Gasteiger charge is -2.41. The number of carboxylic acid groups (broad SMARTS) is 1. The number of aromatic nitrogens is 1. The minimum absolute atomic E-state index is 0.0383. The maximum Gasteiger partial charge on any atom is 0.409 e. The van der Waals surface area contributed by atoms with Gasteiger partial charge in [0, 0.05) is 10.9 Å². The summed E-state index contributed by atoms with van der Waals surface area (Å²) in [5.74, 6) is 0.763. The number of para-hydroxylation sites is 1. The van der Waals surface area contributed by atoms with E-state index in [0.29, 0.717) is 19.6 Å². The van der Waals surface area contributed by atoms with Gasteiger partial charge in [0.15, 0.2) is 6.23 Å². The molecule has 3 aromatic rings. The summed E-state index contributed by atoms with van der Waals surface area (Å²) in [6.45, 7) is 9.52. The highest BCUT2D eigenvalue weighted by Gasteiger charge is 2.38. The largest absolute Gasteiger partial charge is 0.488 e. The second kappa shape index (κ2) is 10.6. The predicted octanol–water partition coefficient (Wildman–Crippen LogP) is 5.78. The zero-order valence-corrected chi connectivity index (χ0v) is 20.9. The van der Waals surface area contributed by atoms with E-state index in [2.05, 4.69) is 20.8 Å². The molecule has 2 aromatic carbocycles. The lowest BCUT2D eigenvalue weighted by Crippen LogP contribution is -2.55. The zero-order valence-electron chi connectivity index (χ0n) is 20.9. The number of pyridine rings is 1. The van der Waals surface area contributed by atoms with Gasteiger partial charge in [-0.15, -0.1) is 0 Å². The van der Waals surface area contributed by atoms with Crippen molar-refractivity contribution in [1.82, 2.24) is 9.88 Å². The molecule has 0 radical (unpaired) electrons. The van der Waals surface area contributed by atoms with E-state index in [-0.39, 0.29) is 24.7 Å². The smallest absolute Gasteiger partial charge is 0.409 e. The Hall–Kier alpha value is -3.16. The maximum absolute atomic E-state index is 12.0. The monoisotopic (exact) mass is 478 g/mol. The molecule has 4 rings (SSSR count). The van der Waals surface area contributed by atoms with E-state index in [1.807, 2.05) is 61.5 Å². The molecule has 0 spiro atoms. The van der Waals surface area contributed by atoms with Gasteiger partial charge in [0.2, 0.25) is 0 Å². The standard InChI is InChI=1S/C28H34N2O5/c1-19-23(18-35-26-24(16-28(2,3)4)33-15-14-30(26)27(31)32)29-22-13-9-8-12-21(22)25(19)34-17-20-10-6-5-7-11-20/h5-13,24,26H,14-18H2,1-4H3,(H,31,32). The van der Waals surface area contributed by atoms with Crippen LogP contribution in [0, 0.1) is 12.3 Å². The van der Waals surface area contributed by atoms with Crippen molar-refractivity contribution in [3.63, 3.8) is 0 Å². The van der Waals surface area contributed by atoms with E-state index in [4.69, 9.17) is 19.2 Å². The van der Waals surface area contributed by atoms with Crippen LogP contribution >= 0.6 is 0 Å². The highest BCUT2D eigenvalue weighted by atomic mass is 16.6. The molecule has 2 atom stereocenters. The third kappa shape index (κ3) is 6.10. The maximum atomic E-state index is 12.0. The molecule has 1 aliphatic rings. The molecule has 7 heteroatoms. The number of nitrogens with zero attached hydrogens (tertiary/aromatic N) is 2. The van der Waals surface area contributed by atoms with Gasteiger partial charge in [0.05, 0.1) is 31.0 Å². The van der Waals surface area contributed by atoms with Crippen molar-refractivity contribution in [2.45, 2.75) is 59.7 Å². The van der Waals surface area contributed by atoms with E-state index < -0.39 is 12.3 Å². The van der Waals surface area contributed by atoms with E-state index >= 15 is 0 Å². The Morgan fingerprint density at radius 3 is 2.54 bits per heavy atom. The lowest BCUT2D eigenvalue weighted by atomic mass is 9.88. The van der Waals surface area contributed by atoms with Crippen LogP contribution in [0.4, 0.5) is 4.79 Å². The Labute approximate surface area is 206 Å². The molecule has 1 saturated heterocycles. The summed E-state index contributed by atoms with van der Waals surface area (Å²) >= 11 is 0. The molecule has 1 aromatic heterocycles. The molecular formula is C28H34N2O5. The number of fused-ring (bicyclic) bond motifs is 1. The highest BCUT2D eigenvalue weighted by Crippen LogP contribution is 2.33. The van der Waals surface area contributed by atoms with Crippen LogP contribution in [0.15, 0.2) is 54.6 Å². The summed E-state index contributed by atoms with van der Waals surface area (Å²) in [6.07, 6.45) is -1.39. The first-order chi connectivity index (χ1) is 16.7. The molecule has 0 saturated carbocycles. The van der Waals surface area contributed by atoms with Gasteiger partial charge in [0.25, 0.3) is 0 Å². The molecule has 2 heterocycles. The Morgan fingerprint density at radius 2 is 1.83 bits per heavy atom. The van der Waals surface area contributed by atoms with Crippen molar-refractivity contribution >= 4 is 17.0 Å². The first-order valence-corrected chi connectivity index (χ1v) is 12.0. The number of amides is 1. The Bertz CT molecular complexity index is 1160. The van der Waals surface area contributed by atoms with Crippen molar-refractivity contribution in [3.05, 3.63) is 71.4 Å². The first kappa shape index (κ1) is 24.9. The number of benzene rings is 2. The summed E-state index contributed by atoms with van der Waals surface area (Å²) in [5.41, 5.74) is 3.44. The van der Waals surface area contributed by atoms with Gasteiger partial charge in [-0.05, 0) is 36.5 Å². The van der Waals surface area contributed by atoms with Gasteiger partial charge in [-0.1, -0.05) is 63.2 Å². The fourth-order valence-electron chi connectivity index (χ4n) is 4.42. The number of morpholine rings is 1. The second-order valence-electron chi connectivity index (χ2n) is 10.2. The molecule has 2 unspecified atom stereocenters. The second-order valence-corrected chi connectivity index (χ2v) is 10.2. The van der Waals surface area contributed by atoms with Gasteiger partial charge in [0.1, 0.15) is 18.5 Å².